The van der Waals surface area contributed by atoms with E-state index in [-0.39, 0.29) is 18.4 Å². The quantitative estimate of drug-likeness (QED) is 0.280. The zero-order valence-corrected chi connectivity index (χ0v) is 22.8. The van der Waals surface area contributed by atoms with Gasteiger partial charge in [0.15, 0.2) is 6.61 Å². The SMILES string of the molecule is CCCNC(=O)[C@@H](Cc1ccccc1)N(Cc1ccc(Br)cc1)C(=O)COc1ccc(I)cc1. The summed E-state index contributed by atoms with van der Waals surface area (Å²) in [6.07, 6.45) is 1.24. The Labute approximate surface area is 223 Å². The van der Waals surface area contributed by atoms with Crippen molar-refractivity contribution < 1.29 is 14.3 Å². The average Bonchev–Trinajstić information content (AvgIpc) is 2.86. The minimum Gasteiger partial charge on any atom is -0.484 e. The topological polar surface area (TPSA) is 58.6 Å². The van der Waals surface area contributed by atoms with Crippen LogP contribution in [0, 0.1) is 3.57 Å². The molecule has 5 nitrogen and oxygen atoms in total. The molecule has 0 fully saturated rings. The van der Waals surface area contributed by atoms with Gasteiger partial charge in [0.2, 0.25) is 5.91 Å². The lowest BCUT2D eigenvalue weighted by Crippen LogP contribution is -2.51. The number of amides is 2. The van der Waals surface area contributed by atoms with E-state index in [4.69, 9.17) is 4.74 Å². The molecule has 0 saturated carbocycles. The van der Waals surface area contributed by atoms with Gasteiger partial charge in [0.05, 0.1) is 0 Å². The third-order valence-corrected chi connectivity index (χ3v) is 6.51. The Morgan fingerprint density at radius 1 is 0.971 bits per heavy atom. The predicted molar refractivity (Wildman–Crippen MR) is 147 cm³/mol. The summed E-state index contributed by atoms with van der Waals surface area (Å²) in [5, 5.41) is 2.98. The van der Waals surface area contributed by atoms with Crippen molar-refractivity contribution in [2.45, 2.75) is 32.4 Å². The van der Waals surface area contributed by atoms with E-state index in [1.54, 1.807) is 4.90 Å². The van der Waals surface area contributed by atoms with E-state index in [0.29, 0.717) is 25.3 Å². The number of rotatable bonds is 11. The molecule has 178 valence electrons. The fourth-order valence-corrected chi connectivity index (χ4v) is 4.09. The maximum Gasteiger partial charge on any atom is 0.261 e. The first kappa shape index (κ1) is 26.2. The lowest BCUT2D eigenvalue weighted by atomic mass is 10.0. The van der Waals surface area contributed by atoms with E-state index in [1.165, 1.54) is 0 Å². The van der Waals surface area contributed by atoms with Crippen LogP contribution in [0.25, 0.3) is 0 Å². The number of nitrogens with zero attached hydrogens (tertiary/aromatic N) is 1. The molecule has 0 heterocycles. The molecule has 3 aromatic rings. The zero-order chi connectivity index (χ0) is 24.3. The molecule has 1 atom stereocenters. The smallest absolute Gasteiger partial charge is 0.261 e. The first-order chi connectivity index (χ1) is 16.5. The number of halogens is 2. The summed E-state index contributed by atoms with van der Waals surface area (Å²) in [7, 11) is 0. The van der Waals surface area contributed by atoms with E-state index in [9.17, 15) is 9.59 Å². The number of nitrogens with one attached hydrogen (secondary N) is 1. The molecular formula is C27H28BrIN2O3. The summed E-state index contributed by atoms with van der Waals surface area (Å²) in [6, 6.07) is 24.4. The van der Waals surface area contributed by atoms with Crippen LogP contribution >= 0.6 is 38.5 Å². The van der Waals surface area contributed by atoms with Crippen LogP contribution in [0.3, 0.4) is 0 Å². The molecule has 7 heteroatoms. The van der Waals surface area contributed by atoms with Crippen LogP contribution in [0.5, 0.6) is 5.75 Å². The number of benzene rings is 3. The number of hydrogen-bond donors (Lipinski definition) is 1. The first-order valence-corrected chi connectivity index (χ1v) is 13.1. The molecule has 0 unspecified atom stereocenters. The number of ether oxygens (including phenoxy) is 1. The highest BCUT2D eigenvalue weighted by Crippen LogP contribution is 2.18. The second kappa shape index (κ2) is 13.5. The van der Waals surface area contributed by atoms with Gasteiger partial charge < -0.3 is 15.0 Å². The van der Waals surface area contributed by atoms with Crippen molar-refractivity contribution in [2.24, 2.45) is 0 Å². The van der Waals surface area contributed by atoms with Crippen molar-refractivity contribution in [1.82, 2.24) is 10.2 Å². The molecular weight excluding hydrogens is 607 g/mol. The van der Waals surface area contributed by atoms with Crippen molar-refractivity contribution in [2.75, 3.05) is 13.2 Å². The predicted octanol–water partition coefficient (Wildman–Crippen LogP) is 5.60. The Bertz CT molecular complexity index is 1060. The third kappa shape index (κ3) is 8.13. The van der Waals surface area contributed by atoms with Gasteiger partial charge in [0, 0.05) is 27.6 Å². The minimum absolute atomic E-state index is 0.149. The van der Waals surface area contributed by atoms with E-state index in [2.05, 4.69) is 43.8 Å². The van der Waals surface area contributed by atoms with Crippen molar-refractivity contribution >= 4 is 50.3 Å². The molecule has 0 aliphatic heterocycles. The summed E-state index contributed by atoms with van der Waals surface area (Å²) in [6.45, 7) is 2.72. The number of carbonyl (C=O) groups excluding carboxylic acids is 2. The molecule has 0 saturated heterocycles. The lowest BCUT2D eigenvalue weighted by molar-refractivity contribution is -0.142. The van der Waals surface area contributed by atoms with E-state index >= 15 is 0 Å². The summed E-state index contributed by atoms with van der Waals surface area (Å²) < 4.78 is 7.83. The maximum atomic E-state index is 13.5. The standard InChI is InChI=1S/C27H28BrIN2O3/c1-2-16-30-27(33)25(17-20-6-4-3-5-7-20)31(18-21-8-10-22(28)11-9-21)26(32)19-34-24-14-12-23(29)13-15-24/h3-15,25H,2,16-19H2,1H3,(H,30,33)/t25-/m1/s1. The summed E-state index contributed by atoms with van der Waals surface area (Å²) in [4.78, 5) is 28.4. The van der Waals surface area contributed by atoms with Gasteiger partial charge in [-0.05, 0) is 76.5 Å². The van der Waals surface area contributed by atoms with Gasteiger partial charge in [-0.1, -0.05) is 65.3 Å². The van der Waals surface area contributed by atoms with Gasteiger partial charge in [-0.2, -0.15) is 0 Å². The van der Waals surface area contributed by atoms with Crippen LogP contribution in [0.15, 0.2) is 83.3 Å². The summed E-state index contributed by atoms with van der Waals surface area (Å²) in [5.41, 5.74) is 1.93. The van der Waals surface area contributed by atoms with Gasteiger partial charge in [0.25, 0.3) is 5.91 Å². The van der Waals surface area contributed by atoms with Crippen LogP contribution in [-0.2, 0) is 22.6 Å². The minimum atomic E-state index is -0.662. The Morgan fingerprint density at radius 3 is 2.29 bits per heavy atom. The van der Waals surface area contributed by atoms with E-state index < -0.39 is 6.04 Å². The zero-order valence-electron chi connectivity index (χ0n) is 19.0. The molecule has 0 aromatic heterocycles. The molecule has 0 bridgehead atoms. The highest BCUT2D eigenvalue weighted by atomic mass is 127. The van der Waals surface area contributed by atoms with Crippen LogP contribution in [0.4, 0.5) is 0 Å². The molecule has 2 amide bonds. The number of hydrogen-bond acceptors (Lipinski definition) is 3. The Kier molecular flexibility index (Phi) is 10.4. The van der Waals surface area contributed by atoms with Gasteiger partial charge >= 0.3 is 0 Å². The fraction of sp³-hybridized carbons (Fsp3) is 0.259. The Balaban J connectivity index is 1.87. The van der Waals surface area contributed by atoms with Crippen molar-refractivity contribution in [1.29, 1.82) is 0 Å². The first-order valence-electron chi connectivity index (χ1n) is 11.2. The van der Waals surface area contributed by atoms with Crippen molar-refractivity contribution in [3.8, 4) is 5.75 Å². The molecule has 34 heavy (non-hydrogen) atoms. The van der Waals surface area contributed by atoms with Crippen molar-refractivity contribution in [3.05, 3.63) is 98.0 Å². The third-order valence-electron chi connectivity index (χ3n) is 5.26. The molecule has 0 radical (unpaired) electrons. The summed E-state index contributed by atoms with van der Waals surface area (Å²) in [5.74, 6) is 0.215. The maximum absolute atomic E-state index is 13.5. The molecule has 3 aromatic carbocycles. The second-order valence-corrected chi connectivity index (χ2v) is 10.0. The van der Waals surface area contributed by atoms with E-state index in [1.807, 2.05) is 85.8 Å². The molecule has 0 aliphatic carbocycles. The lowest BCUT2D eigenvalue weighted by Gasteiger charge is -2.31. The van der Waals surface area contributed by atoms with Crippen LogP contribution < -0.4 is 10.1 Å². The average molecular weight is 635 g/mol. The fourth-order valence-electron chi connectivity index (χ4n) is 3.47. The van der Waals surface area contributed by atoms with Crippen LogP contribution in [0.2, 0.25) is 0 Å². The molecule has 0 spiro atoms. The van der Waals surface area contributed by atoms with Gasteiger partial charge in [-0.25, -0.2) is 0 Å². The van der Waals surface area contributed by atoms with Crippen LogP contribution in [0.1, 0.15) is 24.5 Å². The highest BCUT2D eigenvalue weighted by molar-refractivity contribution is 14.1. The Morgan fingerprint density at radius 2 is 1.65 bits per heavy atom. The van der Waals surface area contributed by atoms with Gasteiger partial charge in [-0.15, -0.1) is 0 Å². The summed E-state index contributed by atoms with van der Waals surface area (Å²) >= 11 is 5.68. The Hall–Kier alpha value is -2.39. The normalized spacial score (nSPS) is 11.5. The molecule has 1 N–H and O–H groups in total. The van der Waals surface area contributed by atoms with Gasteiger partial charge in [0.1, 0.15) is 11.8 Å². The highest BCUT2D eigenvalue weighted by Gasteiger charge is 2.30. The van der Waals surface area contributed by atoms with Crippen molar-refractivity contribution in [3.63, 3.8) is 0 Å². The number of carbonyl (C=O) groups is 2. The van der Waals surface area contributed by atoms with E-state index in [0.717, 1.165) is 25.6 Å². The molecule has 3 rings (SSSR count). The molecule has 0 aliphatic rings. The largest absolute Gasteiger partial charge is 0.484 e. The van der Waals surface area contributed by atoms with Crippen LogP contribution in [-0.4, -0.2) is 35.9 Å². The monoisotopic (exact) mass is 634 g/mol. The van der Waals surface area contributed by atoms with Gasteiger partial charge in [-0.3, -0.25) is 9.59 Å². The second-order valence-electron chi connectivity index (χ2n) is 7.89.